The summed E-state index contributed by atoms with van der Waals surface area (Å²) in [4.78, 5) is 22.7. The van der Waals surface area contributed by atoms with E-state index in [0.29, 0.717) is 12.4 Å². The molecule has 1 heterocycles. The Morgan fingerprint density at radius 2 is 1.68 bits per heavy atom. The van der Waals surface area contributed by atoms with Gasteiger partial charge in [-0.1, -0.05) is 43.5 Å². The van der Waals surface area contributed by atoms with Crippen LogP contribution in [0.3, 0.4) is 0 Å². The van der Waals surface area contributed by atoms with E-state index in [4.69, 9.17) is 14.2 Å². The lowest BCUT2D eigenvalue weighted by Crippen LogP contribution is -2.02. The molecule has 0 unspecified atom stereocenters. The first-order valence-electron chi connectivity index (χ1n) is 10.8. The largest absolute Gasteiger partial charge is 0.495 e. The van der Waals surface area contributed by atoms with Crippen LogP contribution in [-0.2, 0) is 20.7 Å². The highest BCUT2D eigenvalue weighted by atomic mass is 32.1. The predicted octanol–water partition coefficient (Wildman–Crippen LogP) is 6.48. The minimum Gasteiger partial charge on any atom is -0.495 e. The van der Waals surface area contributed by atoms with Gasteiger partial charge in [-0.05, 0) is 48.2 Å². The molecule has 0 fully saturated rings. The summed E-state index contributed by atoms with van der Waals surface area (Å²) in [5, 5.41) is 2.17. The second kappa shape index (κ2) is 10.4. The SMILES string of the molecule is C=CC(=O)OCCCc1ccc(-c2ccc3c(sc4cc(OC(=O)C=C)ccc43)c2OC)cc1. The number of methoxy groups -OCH3 is 1. The standard InChI is InChI=1S/C28H24O5S/c1-4-25(29)32-16-6-7-18-8-10-19(11-9-18)21-14-15-23-22-13-12-20(33-26(30)5-2)17-24(22)34-28(23)27(21)31-3/h4-5,8-15,17H,1-2,6-7,16H2,3H3. The van der Waals surface area contributed by atoms with E-state index in [9.17, 15) is 9.59 Å². The molecule has 0 amide bonds. The molecule has 0 aliphatic carbocycles. The molecule has 3 aromatic carbocycles. The first kappa shape index (κ1) is 23.3. The Morgan fingerprint density at radius 3 is 2.38 bits per heavy atom. The number of ether oxygens (including phenoxy) is 3. The zero-order valence-electron chi connectivity index (χ0n) is 18.8. The highest BCUT2D eigenvalue weighted by Gasteiger charge is 2.16. The summed E-state index contributed by atoms with van der Waals surface area (Å²) in [7, 11) is 1.68. The fraction of sp³-hybridized carbons (Fsp3) is 0.143. The number of thiophene rings is 1. The maximum atomic E-state index is 11.5. The van der Waals surface area contributed by atoms with Gasteiger partial charge in [0.15, 0.2) is 0 Å². The normalized spacial score (nSPS) is 10.7. The van der Waals surface area contributed by atoms with Crippen molar-refractivity contribution in [1.82, 2.24) is 0 Å². The molecule has 34 heavy (non-hydrogen) atoms. The number of carbonyl (C=O) groups excluding carboxylic acids is 2. The molecule has 0 atom stereocenters. The number of hydrogen-bond acceptors (Lipinski definition) is 6. The molecule has 0 N–H and O–H groups in total. The van der Waals surface area contributed by atoms with Gasteiger partial charge in [-0.15, -0.1) is 11.3 Å². The van der Waals surface area contributed by atoms with Crippen molar-refractivity contribution in [2.75, 3.05) is 13.7 Å². The predicted molar refractivity (Wildman–Crippen MR) is 137 cm³/mol. The maximum absolute atomic E-state index is 11.5. The third kappa shape index (κ3) is 4.87. The zero-order chi connectivity index (χ0) is 24.1. The van der Waals surface area contributed by atoms with Gasteiger partial charge in [0, 0.05) is 33.2 Å². The Balaban J connectivity index is 1.60. The van der Waals surface area contributed by atoms with Gasteiger partial charge in [0.25, 0.3) is 0 Å². The molecule has 0 saturated carbocycles. The Labute approximate surface area is 201 Å². The highest BCUT2D eigenvalue weighted by molar-refractivity contribution is 7.26. The fourth-order valence-corrected chi connectivity index (χ4v) is 5.06. The smallest absolute Gasteiger partial charge is 0.335 e. The van der Waals surface area contributed by atoms with E-state index in [1.54, 1.807) is 24.5 Å². The average molecular weight is 473 g/mol. The van der Waals surface area contributed by atoms with E-state index in [-0.39, 0.29) is 0 Å². The lowest BCUT2D eigenvalue weighted by molar-refractivity contribution is -0.137. The van der Waals surface area contributed by atoms with Crippen LogP contribution in [-0.4, -0.2) is 25.7 Å². The zero-order valence-corrected chi connectivity index (χ0v) is 19.7. The highest BCUT2D eigenvalue weighted by Crippen LogP contribution is 2.45. The summed E-state index contributed by atoms with van der Waals surface area (Å²) >= 11 is 1.60. The number of aryl methyl sites for hydroxylation is 1. The second-order valence-corrected chi connectivity index (χ2v) is 8.63. The van der Waals surface area contributed by atoms with Gasteiger partial charge in [0.05, 0.1) is 18.4 Å². The Morgan fingerprint density at radius 1 is 0.941 bits per heavy atom. The molecule has 5 nitrogen and oxygen atoms in total. The first-order chi connectivity index (χ1) is 16.5. The summed E-state index contributed by atoms with van der Waals surface area (Å²) in [6, 6.07) is 18.1. The summed E-state index contributed by atoms with van der Waals surface area (Å²) in [5.41, 5.74) is 3.23. The molecular formula is C28H24O5S. The molecule has 4 rings (SSSR count). The lowest BCUT2D eigenvalue weighted by Gasteiger charge is -2.11. The molecule has 172 valence electrons. The van der Waals surface area contributed by atoms with E-state index in [1.807, 2.05) is 12.1 Å². The molecule has 6 heteroatoms. The van der Waals surface area contributed by atoms with Crippen LogP contribution >= 0.6 is 11.3 Å². The monoisotopic (exact) mass is 472 g/mol. The Bertz CT molecular complexity index is 1380. The molecule has 0 saturated heterocycles. The Hall–Kier alpha value is -3.90. The van der Waals surface area contributed by atoms with Crippen LogP contribution in [0.2, 0.25) is 0 Å². The minimum absolute atomic E-state index is 0.373. The van der Waals surface area contributed by atoms with Gasteiger partial charge in [0.1, 0.15) is 11.5 Å². The summed E-state index contributed by atoms with van der Waals surface area (Å²) < 4.78 is 18.2. The van der Waals surface area contributed by atoms with Crippen molar-refractivity contribution in [3.05, 3.63) is 85.5 Å². The van der Waals surface area contributed by atoms with Crippen LogP contribution in [0.4, 0.5) is 0 Å². The van der Waals surface area contributed by atoms with Gasteiger partial charge in [-0.2, -0.15) is 0 Å². The molecule has 0 aliphatic rings. The van der Waals surface area contributed by atoms with Gasteiger partial charge in [-0.3, -0.25) is 0 Å². The van der Waals surface area contributed by atoms with Crippen molar-refractivity contribution in [2.45, 2.75) is 12.8 Å². The van der Waals surface area contributed by atoms with Gasteiger partial charge < -0.3 is 14.2 Å². The molecule has 0 bridgehead atoms. The van der Waals surface area contributed by atoms with Crippen LogP contribution in [0.25, 0.3) is 31.3 Å². The van der Waals surface area contributed by atoms with Crippen molar-refractivity contribution in [3.8, 4) is 22.6 Å². The average Bonchev–Trinajstić information content (AvgIpc) is 3.24. The summed E-state index contributed by atoms with van der Waals surface area (Å²) in [5.74, 6) is 0.417. The molecule has 0 spiro atoms. The van der Waals surface area contributed by atoms with Crippen LogP contribution in [0, 0.1) is 0 Å². The number of carbonyl (C=O) groups is 2. The van der Waals surface area contributed by atoms with Crippen molar-refractivity contribution in [3.63, 3.8) is 0 Å². The topological polar surface area (TPSA) is 61.8 Å². The number of hydrogen-bond donors (Lipinski definition) is 0. The third-order valence-electron chi connectivity index (χ3n) is 5.44. The fourth-order valence-electron chi connectivity index (χ4n) is 3.81. The van der Waals surface area contributed by atoms with Crippen molar-refractivity contribution < 1.29 is 23.8 Å². The minimum atomic E-state index is -0.485. The van der Waals surface area contributed by atoms with E-state index in [2.05, 4.69) is 49.6 Å². The summed E-state index contributed by atoms with van der Waals surface area (Å²) in [6.07, 6.45) is 3.88. The van der Waals surface area contributed by atoms with Gasteiger partial charge in [-0.25, -0.2) is 9.59 Å². The first-order valence-corrected chi connectivity index (χ1v) is 11.6. The van der Waals surface area contributed by atoms with Crippen LogP contribution in [0.5, 0.6) is 11.5 Å². The van der Waals surface area contributed by atoms with Gasteiger partial charge >= 0.3 is 11.9 Å². The van der Waals surface area contributed by atoms with Crippen molar-refractivity contribution >= 4 is 43.4 Å². The van der Waals surface area contributed by atoms with E-state index in [1.165, 1.54) is 11.6 Å². The Kier molecular flexibility index (Phi) is 7.09. The van der Waals surface area contributed by atoms with E-state index >= 15 is 0 Å². The number of fused-ring (bicyclic) bond motifs is 3. The van der Waals surface area contributed by atoms with Gasteiger partial charge in [0.2, 0.25) is 0 Å². The second-order valence-electron chi connectivity index (χ2n) is 7.58. The van der Waals surface area contributed by atoms with Crippen LogP contribution < -0.4 is 9.47 Å². The number of esters is 2. The lowest BCUT2D eigenvalue weighted by atomic mass is 10.00. The molecule has 4 aromatic rings. The molecular weight excluding hydrogens is 448 g/mol. The number of benzene rings is 3. The van der Waals surface area contributed by atoms with E-state index in [0.717, 1.165) is 56.0 Å². The molecule has 0 radical (unpaired) electrons. The van der Waals surface area contributed by atoms with Crippen molar-refractivity contribution in [2.24, 2.45) is 0 Å². The maximum Gasteiger partial charge on any atom is 0.335 e. The van der Waals surface area contributed by atoms with E-state index < -0.39 is 11.9 Å². The number of rotatable bonds is 9. The van der Waals surface area contributed by atoms with Crippen LogP contribution in [0.15, 0.2) is 79.9 Å². The third-order valence-corrected chi connectivity index (χ3v) is 6.61. The molecule has 0 aliphatic heterocycles. The quantitative estimate of drug-likeness (QED) is 0.121. The van der Waals surface area contributed by atoms with Crippen molar-refractivity contribution in [1.29, 1.82) is 0 Å². The molecule has 1 aromatic heterocycles. The van der Waals surface area contributed by atoms with Crippen LogP contribution in [0.1, 0.15) is 12.0 Å². The summed E-state index contributed by atoms with van der Waals surface area (Å²) in [6.45, 7) is 7.20.